The summed E-state index contributed by atoms with van der Waals surface area (Å²) in [5, 5.41) is 40.0. The molecule has 2 aliphatic rings. The smallest absolute Gasteiger partial charge is 0.339 e. The molecule has 0 unspecified atom stereocenters. The Bertz CT molecular complexity index is 918. The Balaban J connectivity index is 1.70. The van der Waals surface area contributed by atoms with Crippen molar-refractivity contribution in [1.82, 2.24) is 0 Å². The van der Waals surface area contributed by atoms with Crippen molar-refractivity contribution in [3.05, 3.63) is 39.2 Å². The van der Waals surface area contributed by atoms with Gasteiger partial charge in [0, 0.05) is 16.5 Å². The molecule has 0 amide bonds. The van der Waals surface area contributed by atoms with Gasteiger partial charge in [0.15, 0.2) is 0 Å². The summed E-state index contributed by atoms with van der Waals surface area (Å²) < 4.78 is 16.6. The molecule has 27 heavy (non-hydrogen) atoms. The molecule has 1 aliphatic carbocycles. The first-order valence-corrected chi connectivity index (χ1v) is 8.97. The zero-order valence-corrected chi connectivity index (χ0v) is 14.8. The van der Waals surface area contributed by atoms with Crippen molar-refractivity contribution >= 4 is 11.0 Å². The molecule has 0 saturated carbocycles. The molecule has 8 nitrogen and oxygen atoms in total. The van der Waals surface area contributed by atoms with Crippen molar-refractivity contribution in [2.45, 2.75) is 56.9 Å². The second-order valence-corrected chi connectivity index (χ2v) is 7.08. The van der Waals surface area contributed by atoms with Crippen molar-refractivity contribution in [3.8, 4) is 5.75 Å². The topological polar surface area (TPSA) is 130 Å². The summed E-state index contributed by atoms with van der Waals surface area (Å²) in [6.45, 7) is 1.19. The molecule has 146 valence electrons. The Morgan fingerprint density at radius 3 is 2.59 bits per heavy atom. The van der Waals surface area contributed by atoms with Gasteiger partial charge in [-0.25, -0.2) is 4.79 Å². The minimum Gasteiger partial charge on any atom is -0.462 e. The summed E-state index contributed by atoms with van der Waals surface area (Å²) in [4.78, 5) is 12.2. The first-order valence-electron chi connectivity index (χ1n) is 8.97. The van der Waals surface area contributed by atoms with Crippen LogP contribution in [-0.2, 0) is 17.6 Å². The standard InChI is InChI=1S/C19H22O8/c1-8-12(25-19-16(23)15(22)14(21)13(7-20)26-19)6-5-10-9-3-2-4-11(9)18(24)27-17(8)10/h5-6,13-16,19-23H,2-4,7H2,1H3/t13-,14-,15+,16-,19-/m0/s1. The molecule has 1 aromatic heterocycles. The molecule has 2 aromatic rings. The largest absolute Gasteiger partial charge is 0.462 e. The Hall–Kier alpha value is -1.97. The lowest BCUT2D eigenvalue weighted by Crippen LogP contribution is -2.60. The third kappa shape index (κ3) is 2.94. The van der Waals surface area contributed by atoms with Gasteiger partial charge in [0.25, 0.3) is 0 Å². The maximum Gasteiger partial charge on any atom is 0.339 e. The quantitative estimate of drug-likeness (QED) is 0.539. The van der Waals surface area contributed by atoms with Crippen molar-refractivity contribution in [2.24, 2.45) is 0 Å². The number of fused-ring (bicyclic) bond motifs is 3. The second-order valence-electron chi connectivity index (χ2n) is 7.08. The molecule has 0 radical (unpaired) electrons. The van der Waals surface area contributed by atoms with Gasteiger partial charge in [-0.2, -0.15) is 0 Å². The van der Waals surface area contributed by atoms with Gasteiger partial charge in [-0.1, -0.05) is 0 Å². The van der Waals surface area contributed by atoms with Gasteiger partial charge in [0.05, 0.1) is 6.61 Å². The number of aliphatic hydroxyl groups is 4. The monoisotopic (exact) mass is 378 g/mol. The van der Waals surface area contributed by atoms with E-state index < -0.39 is 37.3 Å². The average Bonchev–Trinajstić information content (AvgIpc) is 3.15. The number of aryl methyl sites for hydroxylation is 2. The number of hydrogen-bond acceptors (Lipinski definition) is 8. The van der Waals surface area contributed by atoms with E-state index in [0.717, 1.165) is 35.8 Å². The van der Waals surface area contributed by atoms with Crippen LogP contribution in [0.5, 0.6) is 5.75 Å². The van der Waals surface area contributed by atoms with Crippen LogP contribution in [0.25, 0.3) is 11.0 Å². The molecule has 1 aliphatic heterocycles. The summed E-state index contributed by atoms with van der Waals surface area (Å²) in [6.07, 6.45) is -4.38. The predicted molar refractivity (Wildman–Crippen MR) is 93.6 cm³/mol. The van der Waals surface area contributed by atoms with E-state index >= 15 is 0 Å². The van der Waals surface area contributed by atoms with E-state index in [-0.39, 0.29) is 5.63 Å². The maximum absolute atomic E-state index is 12.2. The molecule has 2 heterocycles. The van der Waals surface area contributed by atoms with E-state index in [1.807, 2.05) is 0 Å². The van der Waals surface area contributed by atoms with Gasteiger partial charge in [-0.05, 0) is 43.9 Å². The molecule has 8 heteroatoms. The highest BCUT2D eigenvalue weighted by Crippen LogP contribution is 2.34. The van der Waals surface area contributed by atoms with Gasteiger partial charge >= 0.3 is 5.63 Å². The van der Waals surface area contributed by atoms with E-state index in [9.17, 15) is 25.2 Å². The lowest BCUT2D eigenvalue weighted by atomic mass is 9.99. The van der Waals surface area contributed by atoms with Crippen LogP contribution in [0.3, 0.4) is 0 Å². The number of hydrogen-bond donors (Lipinski definition) is 4. The zero-order chi connectivity index (χ0) is 19.3. The summed E-state index contributed by atoms with van der Waals surface area (Å²) in [7, 11) is 0. The molecular formula is C19H22O8. The molecule has 1 fully saturated rings. The highest BCUT2D eigenvalue weighted by molar-refractivity contribution is 5.86. The van der Waals surface area contributed by atoms with Crippen LogP contribution in [0, 0.1) is 6.92 Å². The minimum absolute atomic E-state index is 0.313. The first-order chi connectivity index (χ1) is 12.9. The van der Waals surface area contributed by atoms with E-state index in [0.29, 0.717) is 16.9 Å². The number of aliphatic hydroxyl groups excluding tert-OH is 4. The van der Waals surface area contributed by atoms with Gasteiger partial charge in [-0.3, -0.25) is 0 Å². The molecule has 0 bridgehead atoms. The molecule has 4 N–H and O–H groups in total. The lowest BCUT2D eigenvalue weighted by Gasteiger charge is -2.39. The number of rotatable bonds is 3. The summed E-state index contributed by atoms with van der Waals surface area (Å²) in [6, 6.07) is 3.49. The van der Waals surface area contributed by atoms with Crippen molar-refractivity contribution < 1.29 is 34.3 Å². The molecule has 5 atom stereocenters. The Morgan fingerprint density at radius 2 is 1.85 bits per heavy atom. The number of benzene rings is 1. The average molecular weight is 378 g/mol. The molecule has 0 spiro atoms. The summed E-state index contributed by atoms with van der Waals surface area (Å²) in [5.74, 6) is 0.313. The van der Waals surface area contributed by atoms with Crippen molar-refractivity contribution in [2.75, 3.05) is 6.61 Å². The van der Waals surface area contributed by atoms with Crippen LogP contribution >= 0.6 is 0 Å². The fraction of sp³-hybridized carbons (Fsp3) is 0.526. The molecule has 1 aromatic carbocycles. The summed E-state index contributed by atoms with van der Waals surface area (Å²) >= 11 is 0. The SMILES string of the molecule is Cc1c(O[C@H]2O[C@@H](CO)[C@H](O)[C@@H](O)[C@@H]2O)ccc2c3c(c(=O)oc12)CCC3. The Morgan fingerprint density at radius 1 is 1.11 bits per heavy atom. The van der Waals surface area contributed by atoms with Crippen molar-refractivity contribution in [3.63, 3.8) is 0 Å². The normalized spacial score (nSPS) is 30.5. The first kappa shape index (κ1) is 18.4. The minimum atomic E-state index is -1.53. The van der Waals surface area contributed by atoms with E-state index in [2.05, 4.69) is 0 Å². The number of ether oxygens (including phenoxy) is 2. The fourth-order valence-electron chi connectivity index (χ4n) is 3.88. The van der Waals surface area contributed by atoms with Crippen LogP contribution in [0.1, 0.15) is 23.1 Å². The molecular weight excluding hydrogens is 356 g/mol. The highest BCUT2D eigenvalue weighted by Gasteiger charge is 2.44. The van der Waals surface area contributed by atoms with E-state index in [1.54, 1.807) is 19.1 Å². The third-order valence-corrected chi connectivity index (χ3v) is 5.43. The third-order valence-electron chi connectivity index (χ3n) is 5.43. The summed E-state index contributed by atoms with van der Waals surface area (Å²) in [5.41, 5.74) is 2.37. The van der Waals surface area contributed by atoms with Crippen LogP contribution in [0.4, 0.5) is 0 Å². The van der Waals surface area contributed by atoms with Gasteiger partial charge in [0.1, 0.15) is 35.7 Å². The van der Waals surface area contributed by atoms with Crippen molar-refractivity contribution in [1.29, 1.82) is 0 Å². The second kappa shape index (κ2) is 6.88. The predicted octanol–water partition coefficient (Wildman–Crippen LogP) is -0.231. The van der Waals surface area contributed by atoms with Crippen LogP contribution in [0.2, 0.25) is 0 Å². The van der Waals surface area contributed by atoms with Crippen LogP contribution < -0.4 is 10.4 Å². The van der Waals surface area contributed by atoms with Gasteiger partial charge in [0.2, 0.25) is 6.29 Å². The van der Waals surface area contributed by atoms with Gasteiger partial charge in [-0.15, -0.1) is 0 Å². The van der Waals surface area contributed by atoms with E-state index in [4.69, 9.17) is 13.9 Å². The van der Waals surface area contributed by atoms with Crippen LogP contribution in [0.15, 0.2) is 21.3 Å². The maximum atomic E-state index is 12.2. The van der Waals surface area contributed by atoms with Crippen LogP contribution in [-0.4, -0.2) is 57.7 Å². The highest BCUT2D eigenvalue weighted by atomic mass is 16.7. The lowest BCUT2D eigenvalue weighted by molar-refractivity contribution is -0.277. The Kier molecular flexibility index (Phi) is 4.69. The Labute approximate surface area is 154 Å². The zero-order valence-electron chi connectivity index (χ0n) is 14.8. The van der Waals surface area contributed by atoms with Gasteiger partial charge < -0.3 is 34.3 Å². The molecule has 4 rings (SSSR count). The molecule has 1 saturated heterocycles. The fourth-order valence-corrected chi connectivity index (χ4v) is 3.88. The van der Waals surface area contributed by atoms with E-state index in [1.165, 1.54) is 0 Å².